The second-order valence-corrected chi connectivity index (χ2v) is 18.6. The standard InChI is InChI=1S/C25H25FN2O4.C20H28N7O9.C3H7NO2.C2H6.Pb/c1-4-25(31,12-29)18-8-21-23-16(10-28(21)24(30)17(18)11-32-3)15-7-5-6-14-13(2)19(26)9-20(27-23)22(14)15;1-11(19(34)24-7-14(29)25-10-36-12(2)20(35)21-3)26-15(30)8-22-13(28)6-23-16(31)9-27-17(32)4-5-18(27)33;1-4-2-3(5)6;1-2;/h8-9,12,31H,4-7,10-11H2,1-3H3;4-5,11-12H,1,6-10H2,2-3H3,(H,21,35)(H,22,28)(H,23,31)(H,24,34)(H,25,29)(H,26,30);4H,2H2,1H3,(H,5,6);1-2H3;. The molecule has 0 saturated heterocycles. The van der Waals surface area contributed by atoms with E-state index in [9.17, 15) is 62.2 Å². The van der Waals surface area contributed by atoms with Gasteiger partial charge in [-0.25, -0.2) is 9.37 Å². The number of aromatic nitrogens is 2. The zero-order valence-electron chi connectivity index (χ0n) is 44.2. The number of pyridine rings is 2. The van der Waals surface area contributed by atoms with Crippen molar-refractivity contribution < 1.29 is 72.0 Å². The van der Waals surface area contributed by atoms with Crippen molar-refractivity contribution in [1.29, 1.82) is 0 Å². The van der Waals surface area contributed by atoms with E-state index in [2.05, 4.69) is 37.2 Å². The van der Waals surface area contributed by atoms with Crippen LogP contribution in [0.1, 0.15) is 73.9 Å². The minimum atomic E-state index is -1.80. The SMILES string of the molecule is CC.CCC(O)(C=O)c1cc2n(c(=O)c1COC)Cc1c-2nc2cc(F)c(C)c3c2c1CCC3.CNC(=O)C(C)OCNC(=O)CNC(=O)C([CH2][Pb])NC(=O)CNC(=O)CNC(=O)CN1C(=O)C=CC1=O.CNCC(=O)O. The zero-order valence-corrected chi connectivity index (χ0v) is 48.0. The molecule has 0 fully saturated rings. The quantitative estimate of drug-likeness (QED) is 0.0181. The predicted molar refractivity (Wildman–Crippen MR) is 276 cm³/mol. The third-order valence-electron chi connectivity index (χ3n) is 12.0. The molecule has 3 atom stereocenters. The number of methoxy groups -OCH3 is 1. The molecule has 1 aromatic carbocycles. The number of carboxylic acid groups (broad SMARTS) is 1. The maximum atomic E-state index is 14.6. The van der Waals surface area contributed by atoms with E-state index in [0.717, 1.165) is 53.5 Å². The summed E-state index contributed by atoms with van der Waals surface area (Å²) < 4.78 is 26.9. The van der Waals surface area contributed by atoms with Crippen molar-refractivity contribution in [1.82, 2.24) is 51.7 Å². The van der Waals surface area contributed by atoms with Crippen molar-refractivity contribution in [3.05, 3.63) is 73.8 Å². The molecule has 2 aliphatic heterocycles. The molecule has 0 spiro atoms. The Kier molecular flexibility index (Phi) is 25.7. The number of nitrogens with zero attached hydrogens (tertiary/aromatic N) is 3. The molecule has 4 heterocycles. The number of benzene rings is 1. The number of ether oxygens (including phenoxy) is 2. The van der Waals surface area contributed by atoms with Crippen LogP contribution in [0.15, 0.2) is 29.1 Å². The number of carbonyl (C=O) groups is 10. The minimum Gasteiger partial charge on any atom is -0.480 e. The van der Waals surface area contributed by atoms with Gasteiger partial charge < -0.3 is 24.8 Å². The van der Waals surface area contributed by atoms with E-state index in [1.165, 1.54) is 27.1 Å². The Balaban J connectivity index is 0.000000357. The van der Waals surface area contributed by atoms with E-state index >= 15 is 0 Å². The van der Waals surface area contributed by atoms with Gasteiger partial charge in [-0.15, -0.1) is 0 Å². The fourth-order valence-corrected chi connectivity index (χ4v) is 9.12. The van der Waals surface area contributed by atoms with Crippen LogP contribution in [0.3, 0.4) is 0 Å². The summed E-state index contributed by atoms with van der Waals surface area (Å²) in [7, 11) is 4.51. The Labute approximate surface area is 458 Å². The number of nitrogens with one attached hydrogen (secondary N) is 7. The molecule has 3 aliphatic rings. The van der Waals surface area contributed by atoms with E-state index in [1.54, 1.807) is 31.5 Å². The number of fused-ring (bicyclic) bond motifs is 4. The number of hydrogen-bond donors (Lipinski definition) is 9. The third kappa shape index (κ3) is 17.1. The molecule has 3 aromatic rings. The summed E-state index contributed by atoms with van der Waals surface area (Å²) in [5.74, 6) is -6.03. The molecule has 25 nitrogen and oxygen atoms in total. The topological polar surface area (TPSA) is 352 Å². The average molecular weight is 1270 g/mol. The molecule has 27 heteroatoms. The second-order valence-electron chi connectivity index (χ2n) is 17.1. The number of likely N-dealkylation sites (N-methyl/N-ethyl adjacent to an activating group) is 2. The summed E-state index contributed by atoms with van der Waals surface area (Å²) in [4.78, 5) is 134. The first-order chi connectivity index (χ1) is 36.6. The first-order valence-electron chi connectivity index (χ1n) is 24.4. The van der Waals surface area contributed by atoms with Crippen LogP contribution in [0.2, 0.25) is 3.98 Å². The Morgan fingerprint density at radius 3 is 2.06 bits per heavy atom. The van der Waals surface area contributed by atoms with Gasteiger partial charge in [0, 0.05) is 54.5 Å². The molecule has 9 N–H and O–H groups in total. The van der Waals surface area contributed by atoms with Crippen molar-refractivity contribution in [2.24, 2.45) is 0 Å². The van der Waals surface area contributed by atoms with Crippen LogP contribution in [0.4, 0.5) is 4.39 Å². The van der Waals surface area contributed by atoms with Gasteiger partial charge in [-0.2, -0.15) is 0 Å². The van der Waals surface area contributed by atoms with E-state index in [1.807, 2.05) is 13.8 Å². The smallest absolute Gasteiger partial charge is 0.480 e. The van der Waals surface area contributed by atoms with Crippen LogP contribution in [0.5, 0.6) is 0 Å². The molecule has 3 radical (unpaired) electrons. The van der Waals surface area contributed by atoms with Crippen LogP contribution in [-0.4, -0.2) is 183 Å². The van der Waals surface area contributed by atoms with Gasteiger partial charge in [0.1, 0.15) is 11.4 Å². The number of carboxylic acids is 1. The van der Waals surface area contributed by atoms with Crippen molar-refractivity contribution in [3.8, 4) is 11.4 Å². The van der Waals surface area contributed by atoms with Crippen LogP contribution >= 0.6 is 0 Å². The number of halogens is 1. The van der Waals surface area contributed by atoms with Crippen molar-refractivity contribution >= 4 is 96.2 Å². The molecular weight excluding hydrogens is 1210 g/mol. The molecule has 1 aliphatic carbocycles. The Morgan fingerprint density at radius 2 is 1.49 bits per heavy atom. The second kappa shape index (κ2) is 30.8. The number of carbonyl (C=O) groups excluding carboxylic acids is 9. The van der Waals surface area contributed by atoms with Gasteiger partial charge in [-0.3, -0.25) is 24.0 Å². The molecule has 3 unspecified atom stereocenters. The van der Waals surface area contributed by atoms with Crippen LogP contribution < -0.4 is 42.8 Å². The number of aliphatic carboxylic acids is 1. The van der Waals surface area contributed by atoms with Gasteiger partial charge >= 0.3 is 193 Å². The number of rotatable bonds is 22. The minimum absolute atomic E-state index is 0.0161. The van der Waals surface area contributed by atoms with E-state index < -0.39 is 84.7 Å². The van der Waals surface area contributed by atoms with Crippen LogP contribution in [-0.2, 0) is 89.0 Å². The third-order valence-corrected chi connectivity index (χ3v) is 13.6. The van der Waals surface area contributed by atoms with Gasteiger partial charge in [-0.05, 0) is 62.4 Å². The van der Waals surface area contributed by atoms with Crippen molar-refractivity contribution in [2.75, 3.05) is 60.7 Å². The van der Waals surface area contributed by atoms with Crippen molar-refractivity contribution in [3.63, 3.8) is 0 Å². The summed E-state index contributed by atoms with van der Waals surface area (Å²) >= 11 is 0.551. The Hall–Kier alpha value is -6.89. The molecular formula is C50H66FN10O15Pb. The summed E-state index contributed by atoms with van der Waals surface area (Å²) in [6.45, 7) is 7.24. The molecule has 2 aromatic heterocycles. The maximum absolute atomic E-state index is 14.6. The average Bonchev–Trinajstić information content (AvgIpc) is 4.03. The van der Waals surface area contributed by atoms with Gasteiger partial charge in [0.25, 0.3) is 17.4 Å². The number of amides is 8. The van der Waals surface area contributed by atoms with Gasteiger partial charge in [0.2, 0.25) is 0 Å². The fourth-order valence-electron chi connectivity index (χ4n) is 8.01. The molecule has 0 saturated carbocycles. The first-order valence-corrected chi connectivity index (χ1v) is 27.2. The molecule has 77 heavy (non-hydrogen) atoms. The molecule has 0 bridgehead atoms. The number of imide groups is 1. The van der Waals surface area contributed by atoms with E-state index in [4.69, 9.17) is 19.6 Å². The molecule has 417 valence electrons. The summed E-state index contributed by atoms with van der Waals surface area (Å²) in [5.41, 5.74) is 3.90. The number of hydrogen-bond acceptors (Lipinski definition) is 16. The van der Waals surface area contributed by atoms with Gasteiger partial charge in [0.05, 0.1) is 36.6 Å². The van der Waals surface area contributed by atoms with Crippen LogP contribution in [0, 0.1) is 12.7 Å². The first kappa shape index (κ1) is 64.4. The zero-order chi connectivity index (χ0) is 57.7. The Bertz CT molecular complexity index is 2810. The monoisotopic (exact) mass is 1270 g/mol. The molecule has 8 amide bonds. The van der Waals surface area contributed by atoms with Gasteiger partial charge in [-0.1, -0.05) is 20.8 Å². The fraction of sp³-hybridized carbons (Fsp3) is 0.480. The van der Waals surface area contributed by atoms with Crippen molar-refractivity contribution in [2.45, 2.75) is 95.2 Å². The number of aliphatic hydroxyl groups is 1. The van der Waals surface area contributed by atoms with Crippen LogP contribution in [0.25, 0.3) is 22.3 Å². The summed E-state index contributed by atoms with van der Waals surface area (Å²) in [5, 5.41) is 36.3. The van der Waals surface area contributed by atoms with E-state index in [0.29, 0.717) is 69.9 Å². The molecule has 6 rings (SSSR count). The summed E-state index contributed by atoms with van der Waals surface area (Å²) in [6, 6.07) is 2.23. The van der Waals surface area contributed by atoms with E-state index in [-0.39, 0.29) is 61.3 Å². The van der Waals surface area contributed by atoms with Gasteiger partial charge in [0.15, 0.2) is 6.29 Å². The number of aldehydes is 1. The summed E-state index contributed by atoms with van der Waals surface area (Å²) in [6.07, 6.45) is 4.42. The number of aryl methyl sites for hydroxylation is 2. The normalized spacial score (nSPS) is 14.0. The Morgan fingerprint density at radius 1 is 0.883 bits per heavy atom. The predicted octanol–water partition coefficient (Wildman–Crippen LogP) is -1.82.